The number of benzene rings is 6. The van der Waals surface area contributed by atoms with Gasteiger partial charge in [-0.15, -0.1) is 0 Å². The molecule has 0 unspecified atom stereocenters. The Labute approximate surface area is 257 Å². The fourth-order valence-corrected chi connectivity index (χ4v) is 5.08. The Morgan fingerprint density at radius 3 is 0.705 bits per heavy atom. The molecule has 0 fully saturated rings. The van der Waals surface area contributed by atoms with Crippen LogP contribution in [0, 0.1) is 0 Å². The Bertz CT molecular complexity index is 1600. The Kier molecular flexibility index (Phi) is 7.80. The molecule has 0 bridgehead atoms. The molecule has 0 saturated heterocycles. The van der Waals surface area contributed by atoms with E-state index in [1.54, 1.807) is 0 Å². The van der Waals surface area contributed by atoms with Gasteiger partial charge in [0.05, 0.1) is 0 Å². The van der Waals surface area contributed by atoms with Gasteiger partial charge in [-0.25, -0.2) is 0 Å². The zero-order valence-corrected chi connectivity index (χ0v) is 24.3. The fourth-order valence-electron chi connectivity index (χ4n) is 5.08. The van der Waals surface area contributed by atoms with E-state index >= 15 is 0 Å². The number of nitrogen functional groups attached to an aromatic ring is 3. The van der Waals surface area contributed by atoms with E-state index < -0.39 is 5.41 Å². The highest BCUT2D eigenvalue weighted by atomic mass is 16.5. The number of rotatable bonds is 9. The molecule has 6 heteroatoms. The fraction of sp³-hybridized carbons (Fsp3) is 0.0526. The summed E-state index contributed by atoms with van der Waals surface area (Å²) in [6, 6.07) is 46.6. The van der Waals surface area contributed by atoms with Gasteiger partial charge in [0, 0.05) is 22.5 Å². The molecule has 0 aliphatic rings. The van der Waals surface area contributed by atoms with Gasteiger partial charge in [0.2, 0.25) is 0 Å². The lowest BCUT2D eigenvalue weighted by Gasteiger charge is -2.32. The second-order valence-corrected chi connectivity index (χ2v) is 10.7. The highest BCUT2D eigenvalue weighted by molar-refractivity contribution is 5.53. The SMILES string of the molecule is CC(c1ccc(Oc2ccc(N)cc2)cc1)(c1ccc(Oc2ccc(N)cc2)cc1)c1ccc(Oc2ccc(N)cc2)cc1. The second kappa shape index (κ2) is 12.2. The van der Waals surface area contributed by atoms with E-state index in [4.69, 9.17) is 31.4 Å². The molecule has 6 N–H and O–H groups in total. The average molecular weight is 580 g/mol. The summed E-state index contributed by atoms with van der Waals surface area (Å²) in [4.78, 5) is 0. The molecule has 0 amide bonds. The van der Waals surface area contributed by atoms with Gasteiger partial charge in [-0.05, 0) is 133 Å². The summed E-state index contributed by atoms with van der Waals surface area (Å²) < 4.78 is 18.2. The van der Waals surface area contributed by atoms with Crippen molar-refractivity contribution in [2.24, 2.45) is 0 Å². The van der Waals surface area contributed by atoms with E-state index in [9.17, 15) is 0 Å². The van der Waals surface area contributed by atoms with E-state index in [1.807, 2.05) is 109 Å². The topological polar surface area (TPSA) is 106 Å². The Morgan fingerprint density at radius 2 is 0.500 bits per heavy atom. The Morgan fingerprint density at radius 1 is 0.318 bits per heavy atom. The predicted octanol–water partition coefficient (Wildman–Crippen LogP) is 9.16. The Hall–Kier alpha value is -5.88. The molecule has 218 valence electrons. The molecule has 0 spiro atoms. The summed E-state index contributed by atoms with van der Waals surface area (Å²) in [5.41, 5.74) is 22.3. The minimum Gasteiger partial charge on any atom is -0.457 e. The molecule has 6 aromatic carbocycles. The van der Waals surface area contributed by atoms with Crippen molar-refractivity contribution in [3.63, 3.8) is 0 Å². The number of anilines is 3. The van der Waals surface area contributed by atoms with Crippen molar-refractivity contribution >= 4 is 17.1 Å². The molecule has 44 heavy (non-hydrogen) atoms. The zero-order chi connectivity index (χ0) is 30.5. The zero-order valence-electron chi connectivity index (χ0n) is 24.3. The molecule has 6 nitrogen and oxygen atoms in total. The third-order valence-corrected chi connectivity index (χ3v) is 7.64. The number of hydrogen-bond donors (Lipinski definition) is 3. The highest BCUT2D eigenvalue weighted by Gasteiger charge is 2.31. The molecular weight excluding hydrogens is 546 g/mol. The molecule has 6 rings (SSSR count). The lowest BCUT2D eigenvalue weighted by atomic mass is 9.71. The van der Waals surface area contributed by atoms with Crippen molar-refractivity contribution in [3.05, 3.63) is 162 Å². The first kappa shape index (κ1) is 28.2. The lowest BCUT2D eigenvalue weighted by Crippen LogP contribution is -2.25. The van der Waals surface area contributed by atoms with Crippen LogP contribution in [0.1, 0.15) is 23.6 Å². The van der Waals surface area contributed by atoms with Crippen molar-refractivity contribution in [1.82, 2.24) is 0 Å². The van der Waals surface area contributed by atoms with Gasteiger partial charge in [0.25, 0.3) is 0 Å². The van der Waals surface area contributed by atoms with Gasteiger partial charge in [-0.2, -0.15) is 0 Å². The van der Waals surface area contributed by atoms with Crippen LogP contribution in [0.2, 0.25) is 0 Å². The van der Waals surface area contributed by atoms with Crippen LogP contribution in [0.15, 0.2) is 146 Å². The molecule has 0 radical (unpaired) electrons. The summed E-state index contributed by atoms with van der Waals surface area (Å²) in [7, 11) is 0. The summed E-state index contributed by atoms with van der Waals surface area (Å²) in [6.07, 6.45) is 0. The van der Waals surface area contributed by atoms with Crippen LogP contribution in [-0.2, 0) is 5.41 Å². The number of ether oxygens (including phenoxy) is 3. The molecule has 0 aromatic heterocycles. The van der Waals surface area contributed by atoms with E-state index in [0.29, 0.717) is 17.1 Å². The summed E-state index contributed by atoms with van der Waals surface area (Å²) in [5.74, 6) is 4.38. The third-order valence-electron chi connectivity index (χ3n) is 7.64. The molecule has 0 heterocycles. The predicted molar refractivity (Wildman–Crippen MR) is 178 cm³/mol. The molecule has 0 saturated carbocycles. The smallest absolute Gasteiger partial charge is 0.127 e. The van der Waals surface area contributed by atoms with E-state index in [1.165, 1.54) is 0 Å². The molecule has 0 aliphatic carbocycles. The quantitative estimate of drug-likeness (QED) is 0.116. The first-order valence-electron chi connectivity index (χ1n) is 14.3. The number of nitrogens with two attached hydrogens (primary N) is 3. The van der Waals surface area contributed by atoms with Crippen LogP contribution in [-0.4, -0.2) is 0 Å². The maximum atomic E-state index is 6.07. The monoisotopic (exact) mass is 579 g/mol. The van der Waals surface area contributed by atoms with Crippen molar-refractivity contribution in [1.29, 1.82) is 0 Å². The van der Waals surface area contributed by atoms with Gasteiger partial charge in [0.15, 0.2) is 0 Å². The molecular formula is C38H33N3O3. The molecule has 0 atom stereocenters. The van der Waals surface area contributed by atoms with Gasteiger partial charge in [0.1, 0.15) is 34.5 Å². The first-order valence-corrected chi connectivity index (χ1v) is 14.3. The minimum absolute atomic E-state index is 0.501. The first-order chi connectivity index (χ1) is 21.3. The van der Waals surface area contributed by atoms with Gasteiger partial charge in [-0.3, -0.25) is 0 Å². The van der Waals surface area contributed by atoms with Gasteiger partial charge in [-0.1, -0.05) is 36.4 Å². The third kappa shape index (κ3) is 6.30. The van der Waals surface area contributed by atoms with E-state index in [2.05, 4.69) is 43.3 Å². The lowest BCUT2D eigenvalue weighted by molar-refractivity contribution is 0.481. The highest BCUT2D eigenvalue weighted by Crippen LogP contribution is 2.41. The maximum absolute atomic E-state index is 6.07. The van der Waals surface area contributed by atoms with Crippen LogP contribution in [0.25, 0.3) is 0 Å². The number of hydrogen-bond acceptors (Lipinski definition) is 6. The van der Waals surface area contributed by atoms with Crippen molar-refractivity contribution in [2.45, 2.75) is 12.3 Å². The Balaban J connectivity index is 1.31. The van der Waals surface area contributed by atoms with Crippen molar-refractivity contribution in [3.8, 4) is 34.5 Å². The maximum Gasteiger partial charge on any atom is 0.127 e. The van der Waals surface area contributed by atoms with Gasteiger partial charge >= 0.3 is 0 Å². The van der Waals surface area contributed by atoms with Crippen LogP contribution >= 0.6 is 0 Å². The van der Waals surface area contributed by atoms with Crippen LogP contribution in [0.3, 0.4) is 0 Å². The largest absolute Gasteiger partial charge is 0.457 e. The van der Waals surface area contributed by atoms with E-state index in [0.717, 1.165) is 51.2 Å². The molecule has 0 aliphatic heterocycles. The summed E-state index contributed by atoms with van der Waals surface area (Å²) in [5, 5.41) is 0. The van der Waals surface area contributed by atoms with Gasteiger partial charge < -0.3 is 31.4 Å². The summed E-state index contributed by atoms with van der Waals surface area (Å²) in [6.45, 7) is 2.22. The standard InChI is InChI=1S/C38H33N3O3/c1-38(26-2-14-32(15-3-26)42-35-20-8-29(39)9-21-35,27-4-16-33(17-5-27)43-36-22-10-30(40)11-23-36)28-6-18-34(19-7-28)44-37-24-12-31(41)13-25-37/h2-25H,39-41H2,1H3. The van der Waals surface area contributed by atoms with Crippen LogP contribution < -0.4 is 31.4 Å². The summed E-state index contributed by atoms with van der Waals surface area (Å²) >= 11 is 0. The average Bonchev–Trinajstić information content (AvgIpc) is 3.05. The van der Waals surface area contributed by atoms with Crippen molar-refractivity contribution < 1.29 is 14.2 Å². The normalized spacial score (nSPS) is 11.1. The van der Waals surface area contributed by atoms with Crippen molar-refractivity contribution in [2.75, 3.05) is 17.2 Å². The van der Waals surface area contributed by atoms with Crippen LogP contribution in [0.4, 0.5) is 17.1 Å². The van der Waals surface area contributed by atoms with E-state index in [-0.39, 0.29) is 0 Å². The molecule has 6 aromatic rings. The second-order valence-electron chi connectivity index (χ2n) is 10.7. The van der Waals surface area contributed by atoms with Crippen LogP contribution in [0.5, 0.6) is 34.5 Å². The minimum atomic E-state index is -0.501.